The number of hydrogen-bond acceptors (Lipinski definition) is 4. The van der Waals surface area contributed by atoms with Crippen LogP contribution in [-0.2, 0) is 0 Å². The number of rotatable bonds is 3. The molecule has 0 aliphatic rings. The molecule has 3 aromatic rings. The highest BCUT2D eigenvalue weighted by Crippen LogP contribution is 2.30. The van der Waals surface area contributed by atoms with Gasteiger partial charge < -0.3 is 9.84 Å². The summed E-state index contributed by atoms with van der Waals surface area (Å²) < 4.78 is 33.0. The summed E-state index contributed by atoms with van der Waals surface area (Å²) in [5, 5.41) is 21.8. The third kappa shape index (κ3) is 3.48. The van der Waals surface area contributed by atoms with Crippen molar-refractivity contribution >= 4 is 17.8 Å². The maximum absolute atomic E-state index is 13.7. The van der Waals surface area contributed by atoms with E-state index in [-0.39, 0.29) is 33.4 Å². The first kappa shape index (κ1) is 17.4. The van der Waals surface area contributed by atoms with E-state index in [1.165, 1.54) is 35.0 Å². The number of nitriles is 1. The Morgan fingerprint density at radius 2 is 2.00 bits per heavy atom. The number of nitrogens with zero attached hydrogens (tertiary/aromatic N) is 3. The number of carboxylic acid groups (broad SMARTS) is 1. The minimum Gasteiger partial charge on any atom is -0.449 e. The second-order valence-corrected chi connectivity index (χ2v) is 5.52. The Balaban J connectivity index is 2.22. The quantitative estimate of drug-likeness (QED) is 0.685. The lowest BCUT2D eigenvalue weighted by atomic mass is 10.1. The van der Waals surface area contributed by atoms with E-state index in [1.54, 1.807) is 6.07 Å². The highest BCUT2D eigenvalue weighted by atomic mass is 35.5. The van der Waals surface area contributed by atoms with E-state index in [9.17, 15) is 13.6 Å². The van der Waals surface area contributed by atoms with Gasteiger partial charge in [0.25, 0.3) is 0 Å². The lowest BCUT2D eigenvalue weighted by Gasteiger charge is -2.08. The fraction of sp³-hybridized carbons (Fsp3) is 0. The van der Waals surface area contributed by atoms with Crippen molar-refractivity contribution in [2.24, 2.45) is 0 Å². The zero-order chi connectivity index (χ0) is 18.8. The lowest BCUT2D eigenvalue weighted by Crippen LogP contribution is -2.05. The van der Waals surface area contributed by atoms with Gasteiger partial charge in [-0.1, -0.05) is 11.6 Å². The predicted octanol–water partition coefficient (Wildman–Crippen LogP) is 4.40. The van der Waals surface area contributed by atoms with Crippen LogP contribution in [0, 0.1) is 23.0 Å². The van der Waals surface area contributed by atoms with Gasteiger partial charge in [0.15, 0.2) is 0 Å². The zero-order valence-electron chi connectivity index (χ0n) is 12.8. The molecule has 0 amide bonds. The molecule has 0 saturated heterocycles. The summed E-state index contributed by atoms with van der Waals surface area (Å²) in [6.45, 7) is 0. The largest absolute Gasteiger partial charge is 0.512 e. The lowest BCUT2D eigenvalue weighted by molar-refractivity contribution is 0.142. The average Bonchev–Trinajstić information content (AvgIpc) is 2.97. The molecule has 0 aliphatic carbocycles. The fourth-order valence-corrected chi connectivity index (χ4v) is 2.56. The molecule has 1 aromatic heterocycles. The van der Waals surface area contributed by atoms with E-state index >= 15 is 0 Å². The summed E-state index contributed by atoms with van der Waals surface area (Å²) in [4.78, 5) is 10.8. The molecule has 1 N–H and O–H groups in total. The van der Waals surface area contributed by atoms with Crippen LogP contribution in [-0.4, -0.2) is 21.0 Å². The van der Waals surface area contributed by atoms with Crippen LogP contribution in [0.5, 0.6) is 5.88 Å². The summed E-state index contributed by atoms with van der Waals surface area (Å²) in [5.74, 6) is -1.62. The molecule has 0 bridgehead atoms. The highest BCUT2D eigenvalue weighted by molar-refractivity contribution is 6.30. The van der Waals surface area contributed by atoms with Crippen molar-refractivity contribution in [2.45, 2.75) is 0 Å². The summed E-state index contributed by atoms with van der Waals surface area (Å²) >= 11 is 5.87. The van der Waals surface area contributed by atoms with Gasteiger partial charge in [0.2, 0.25) is 5.88 Å². The zero-order valence-corrected chi connectivity index (χ0v) is 13.5. The SMILES string of the molecule is N#Cc1cc(-n2nc(OC(=O)O)cc2-c2cc(F)cc(Cl)c2)ccc1F. The number of carbonyl (C=O) groups is 1. The summed E-state index contributed by atoms with van der Waals surface area (Å²) in [5.41, 5.74) is 0.532. The third-order valence-electron chi connectivity index (χ3n) is 3.35. The molecule has 9 heteroatoms. The Bertz CT molecular complexity index is 1040. The Morgan fingerprint density at radius 1 is 1.23 bits per heavy atom. The van der Waals surface area contributed by atoms with Gasteiger partial charge in [-0.3, -0.25) is 0 Å². The van der Waals surface area contributed by atoms with Gasteiger partial charge in [-0.2, -0.15) is 5.26 Å². The molecule has 0 aliphatic heterocycles. The van der Waals surface area contributed by atoms with Crippen LogP contribution in [0.15, 0.2) is 42.5 Å². The second-order valence-electron chi connectivity index (χ2n) is 5.08. The maximum Gasteiger partial charge on any atom is 0.512 e. The maximum atomic E-state index is 13.7. The minimum atomic E-state index is -1.59. The van der Waals surface area contributed by atoms with E-state index in [0.29, 0.717) is 0 Å². The van der Waals surface area contributed by atoms with Crippen molar-refractivity contribution in [3.63, 3.8) is 0 Å². The van der Waals surface area contributed by atoms with Crippen LogP contribution < -0.4 is 4.74 Å². The van der Waals surface area contributed by atoms with E-state index < -0.39 is 17.8 Å². The van der Waals surface area contributed by atoms with E-state index in [4.69, 9.17) is 22.0 Å². The van der Waals surface area contributed by atoms with Crippen molar-refractivity contribution in [3.8, 4) is 28.9 Å². The third-order valence-corrected chi connectivity index (χ3v) is 3.57. The minimum absolute atomic E-state index is 0.116. The topological polar surface area (TPSA) is 88.1 Å². The van der Waals surface area contributed by atoms with Gasteiger partial charge in [-0.25, -0.2) is 18.3 Å². The molecule has 3 rings (SSSR count). The second kappa shape index (κ2) is 6.82. The number of hydrogen-bond donors (Lipinski definition) is 1. The average molecular weight is 376 g/mol. The van der Waals surface area contributed by atoms with E-state index in [0.717, 1.165) is 12.1 Å². The smallest absolute Gasteiger partial charge is 0.449 e. The number of aromatic nitrogens is 2. The predicted molar refractivity (Wildman–Crippen MR) is 87.3 cm³/mol. The molecule has 2 aromatic carbocycles. The number of ether oxygens (including phenoxy) is 1. The molecule has 0 spiro atoms. The van der Waals surface area contributed by atoms with Crippen molar-refractivity contribution < 1.29 is 23.4 Å². The number of halogens is 3. The summed E-state index contributed by atoms with van der Waals surface area (Å²) in [6.07, 6.45) is -1.59. The molecule has 26 heavy (non-hydrogen) atoms. The van der Waals surface area contributed by atoms with Crippen LogP contribution in [0.2, 0.25) is 5.02 Å². The first-order chi connectivity index (χ1) is 12.4. The molecule has 0 saturated carbocycles. The van der Waals surface area contributed by atoms with Gasteiger partial charge >= 0.3 is 6.16 Å². The normalized spacial score (nSPS) is 10.4. The monoisotopic (exact) mass is 375 g/mol. The molecular weight excluding hydrogens is 368 g/mol. The van der Waals surface area contributed by atoms with Crippen molar-refractivity contribution in [3.05, 3.63) is 64.7 Å². The van der Waals surface area contributed by atoms with Crippen LogP contribution in [0.4, 0.5) is 13.6 Å². The summed E-state index contributed by atoms with van der Waals surface area (Å²) in [6, 6.07) is 10.3. The molecular formula is C17H8ClF2N3O3. The Labute approximate surface area is 150 Å². The van der Waals surface area contributed by atoms with Gasteiger partial charge in [0.05, 0.1) is 16.9 Å². The van der Waals surface area contributed by atoms with Gasteiger partial charge in [0.1, 0.15) is 17.7 Å². The molecule has 6 nitrogen and oxygen atoms in total. The molecule has 0 unspecified atom stereocenters. The van der Waals surface area contributed by atoms with Crippen LogP contribution in [0.1, 0.15) is 5.56 Å². The summed E-state index contributed by atoms with van der Waals surface area (Å²) in [7, 11) is 0. The Kier molecular flexibility index (Phi) is 4.56. The molecule has 0 fully saturated rings. The van der Waals surface area contributed by atoms with E-state index in [1.807, 2.05) is 0 Å². The highest BCUT2D eigenvalue weighted by Gasteiger charge is 2.17. The molecule has 0 atom stereocenters. The van der Waals surface area contributed by atoms with Gasteiger partial charge in [-0.15, -0.1) is 5.10 Å². The van der Waals surface area contributed by atoms with Crippen molar-refractivity contribution in [1.82, 2.24) is 9.78 Å². The van der Waals surface area contributed by atoms with E-state index in [2.05, 4.69) is 9.84 Å². The molecule has 1 heterocycles. The number of benzene rings is 2. The first-order valence-corrected chi connectivity index (χ1v) is 7.42. The van der Waals surface area contributed by atoms with Crippen LogP contribution >= 0.6 is 11.6 Å². The fourth-order valence-electron chi connectivity index (χ4n) is 2.33. The Hall–Kier alpha value is -3.44. The molecule has 0 radical (unpaired) electrons. The van der Waals surface area contributed by atoms with Crippen molar-refractivity contribution in [1.29, 1.82) is 5.26 Å². The van der Waals surface area contributed by atoms with Crippen LogP contribution in [0.3, 0.4) is 0 Å². The van der Waals surface area contributed by atoms with Crippen molar-refractivity contribution in [2.75, 3.05) is 0 Å². The standard InChI is InChI=1S/C17H8ClF2N3O3/c18-11-3-9(4-12(19)6-11)15-7-16(26-17(24)25)22-23(15)13-1-2-14(20)10(5-13)8-21/h1-7H,(H,24,25). The molecule has 130 valence electrons. The Morgan fingerprint density at radius 3 is 2.65 bits per heavy atom. The first-order valence-electron chi connectivity index (χ1n) is 7.04. The van der Waals surface area contributed by atoms with Gasteiger partial charge in [0, 0.05) is 16.7 Å². The van der Waals surface area contributed by atoms with Gasteiger partial charge in [-0.05, 0) is 36.4 Å². The van der Waals surface area contributed by atoms with Crippen LogP contribution in [0.25, 0.3) is 16.9 Å².